The highest BCUT2D eigenvalue weighted by molar-refractivity contribution is 5.69. The maximum absolute atomic E-state index is 13.6. The van der Waals surface area contributed by atoms with E-state index in [1.54, 1.807) is 17.0 Å². The number of carbonyl (C=O) groups is 1. The summed E-state index contributed by atoms with van der Waals surface area (Å²) in [4.78, 5) is 13.6. The molecule has 1 unspecified atom stereocenters. The van der Waals surface area contributed by atoms with Gasteiger partial charge in [0.15, 0.2) is 0 Å². The van der Waals surface area contributed by atoms with Gasteiger partial charge < -0.3 is 9.64 Å². The van der Waals surface area contributed by atoms with Crippen molar-refractivity contribution in [1.29, 1.82) is 0 Å². The first-order chi connectivity index (χ1) is 8.87. The second kappa shape index (κ2) is 5.19. The van der Waals surface area contributed by atoms with E-state index in [0.717, 1.165) is 6.42 Å². The van der Waals surface area contributed by atoms with Gasteiger partial charge in [-0.3, -0.25) is 0 Å². The number of hydrogen-bond donors (Lipinski definition) is 0. The lowest BCUT2D eigenvalue weighted by atomic mass is 9.95. The highest BCUT2D eigenvalue weighted by atomic mass is 19.1. The van der Waals surface area contributed by atoms with E-state index in [-0.39, 0.29) is 18.0 Å². The predicted molar refractivity (Wildman–Crippen MR) is 71.4 cm³/mol. The lowest BCUT2D eigenvalue weighted by Gasteiger charge is -2.41. The van der Waals surface area contributed by atoms with E-state index in [1.165, 1.54) is 6.07 Å². The molecule has 0 saturated carbocycles. The summed E-state index contributed by atoms with van der Waals surface area (Å²) in [7, 11) is 0. The molecule has 104 valence electrons. The minimum atomic E-state index is -0.491. The van der Waals surface area contributed by atoms with Gasteiger partial charge in [-0.15, -0.1) is 0 Å². The number of carbonyl (C=O) groups excluding carboxylic acids is 1. The van der Waals surface area contributed by atoms with E-state index in [0.29, 0.717) is 18.5 Å². The summed E-state index contributed by atoms with van der Waals surface area (Å²) < 4.78 is 18.9. The Balaban J connectivity index is 1.96. The normalized spacial score (nSPS) is 18.9. The molecule has 0 aromatic heterocycles. The van der Waals surface area contributed by atoms with Crippen LogP contribution in [0.5, 0.6) is 0 Å². The molecule has 1 aromatic carbocycles. The van der Waals surface area contributed by atoms with Crippen LogP contribution in [0.2, 0.25) is 0 Å². The molecule has 0 bridgehead atoms. The first-order valence-corrected chi connectivity index (χ1v) is 6.60. The maximum atomic E-state index is 13.6. The molecular weight excluding hydrogens is 245 g/mol. The first-order valence-electron chi connectivity index (χ1n) is 6.60. The molecule has 1 heterocycles. The van der Waals surface area contributed by atoms with Gasteiger partial charge in [0.25, 0.3) is 0 Å². The van der Waals surface area contributed by atoms with Gasteiger partial charge >= 0.3 is 6.09 Å². The van der Waals surface area contributed by atoms with E-state index in [9.17, 15) is 9.18 Å². The van der Waals surface area contributed by atoms with E-state index in [1.807, 2.05) is 26.8 Å². The molecule has 2 rings (SSSR count). The third-order valence-corrected chi connectivity index (χ3v) is 3.19. The highest BCUT2D eigenvalue weighted by Gasteiger charge is 2.35. The summed E-state index contributed by atoms with van der Waals surface area (Å²) in [6.45, 7) is 6.22. The minimum absolute atomic E-state index is 0.0479. The minimum Gasteiger partial charge on any atom is -0.444 e. The van der Waals surface area contributed by atoms with E-state index >= 15 is 0 Å². The molecule has 1 aliphatic rings. The fourth-order valence-electron chi connectivity index (χ4n) is 2.13. The molecular formula is C15H20FNO2. The first kappa shape index (κ1) is 13.8. The SMILES string of the molecule is CC(C)(C)OC(=O)N1CCC1Cc1ccccc1F. The molecule has 1 atom stereocenters. The zero-order valence-corrected chi connectivity index (χ0v) is 11.6. The average Bonchev–Trinajstić information content (AvgIpc) is 2.23. The number of nitrogens with zero attached hydrogens (tertiary/aromatic N) is 1. The Labute approximate surface area is 113 Å². The van der Waals surface area contributed by atoms with Crippen molar-refractivity contribution in [2.24, 2.45) is 0 Å². The van der Waals surface area contributed by atoms with Gasteiger partial charge in [0.1, 0.15) is 11.4 Å². The van der Waals surface area contributed by atoms with Gasteiger partial charge in [-0.25, -0.2) is 9.18 Å². The Kier molecular flexibility index (Phi) is 3.78. The van der Waals surface area contributed by atoms with Crippen LogP contribution in [-0.4, -0.2) is 29.2 Å². The lowest BCUT2D eigenvalue weighted by molar-refractivity contribution is -0.00512. The zero-order chi connectivity index (χ0) is 14.0. The Morgan fingerprint density at radius 1 is 1.42 bits per heavy atom. The Morgan fingerprint density at radius 3 is 2.63 bits per heavy atom. The predicted octanol–water partition coefficient (Wildman–Crippen LogP) is 3.38. The lowest BCUT2D eigenvalue weighted by Crippen LogP contribution is -2.53. The molecule has 1 aromatic rings. The Hall–Kier alpha value is -1.58. The number of benzene rings is 1. The van der Waals surface area contributed by atoms with Gasteiger partial charge in [0.2, 0.25) is 0 Å². The van der Waals surface area contributed by atoms with Crippen LogP contribution in [0.25, 0.3) is 0 Å². The van der Waals surface area contributed by atoms with Crippen LogP contribution in [0, 0.1) is 5.82 Å². The summed E-state index contributed by atoms with van der Waals surface area (Å²) in [5.41, 5.74) is 0.163. The zero-order valence-electron chi connectivity index (χ0n) is 11.6. The number of halogens is 1. The largest absolute Gasteiger partial charge is 0.444 e. The third-order valence-electron chi connectivity index (χ3n) is 3.19. The molecule has 0 spiro atoms. The molecule has 4 heteroatoms. The molecule has 0 radical (unpaired) electrons. The van der Waals surface area contributed by atoms with Crippen molar-refractivity contribution in [3.8, 4) is 0 Å². The van der Waals surface area contributed by atoms with E-state index in [4.69, 9.17) is 4.74 Å². The van der Waals surface area contributed by atoms with Crippen LogP contribution in [0.4, 0.5) is 9.18 Å². The van der Waals surface area contributed by atoms with Crippen LogP contribution in [0.3, 0.4) is 0 Å². The second-order valence-corrected chi connectivity index (χ2v) is 5.91. The summed E-state index contributed by atoms with van der Waals surface area (Å²) in [5, 5.41) is 0. The second-order valence-electron chi connectivity index (χ2n) is 5.91. The van der Waals surface area contributed by atoms with Crippen molar-refractivity contribution in [2.75, 3.05) is 6.54 Å². The van der Waals surface area contributed by atoms with Crippen LogP contribution in [0.1, 0.15) is 32.8 Å². The quantitative estimate of drug-likeness (QED) is 0.820. The fourth-order valence-corrected chi connectivity index (χ4v) is 2.13. The maximum Gasteiger partial charge on any atom is 0.410 e. The van der Waals surface area contributed by atoms with Crippen LogP contribution in [-0.2, 0) is 11.2 Å². The van der Waals surface area contributed by atoms with E-state index < -0.39 is 5.60 Å². The van der Waals surface area contributed by atoms with Crippen molar-refractivity contribution in [2.45, 2.75) is 45.3 Å². The smallest absolute Gasteiger partial charge is 0.410 e. The molecule has 1 aliphatic heterocycles. The number of hydrogen-bond acceptors (Lipinski definition) is 2. The van der Waals surface area contributed by atoms with Crippen molar-refractivity contribution < 1.29 is 13.9 Å². The standard InChI is InChI=1S/C15H20FNO2/c1-15(2,3)19-14(18)17-9-8-12(17)10-11-6-4-5-7-13(11)16/h4-7,12H,8-10H2,1-3H3. The molecule has 1 fully saturated rings. The average molecular weight is 265 g/mol. The fraction of sp³-hybridized carbons (Fsp3) is 0.533. The van der Waals surface area contributed by atoms with Crippen molar-refractivity contribution >= 4 is 6.09 Å². The molecule has 1 saturated heterocycles. The summed E-state index contributed by atoms with van der Waals surface area (Å²) in [6.07, 6.45) is 1.14. The number of amides is 1. The van der Waals surface area contributed by atoms with E-state index in [2.05, 4.69) is 0 Å². The third kappa shape index (κ3) is 3.46. The van der Waals surface area contributed by atoms with Gasteiger partial charge in [-0.2, -0.15) is 0 Å². The topological polar surface area (TPSA) is 29.5 Å². The van der Waals surface area contributed by atoms with Gasteiger partial charge in [-0.05, 0) is 45.2 Å². The molecule has 0 N–H and O–H groups in total. The summed E-state index contributed by atoms with van der Waals surface area (Å²) in [6, 6.07) is 6.75. The van der Waals surface area contributed by atoms with Crippen molar-refractivity contribution in [3.63, 3.8) is 0 Å². The van der Waals surface area contributed by atoms with Crippen LogP contribution in [0.15, 0.2) is 24.3 Å². The van der Waals surface area contributed by atoms with Crippen LogP contribution >= 0.6 is 0 Å². The molecule has 1 amide bonds. The highest BCUT2D eigenvalue weighted by Crippen LogP contribution is 2.25. The van der Waals surface area contributed by atoms with Crippen molar-refractivity contribution in [1.82, 2.24) is 4.90 Å². The van der Waals surface area contributed by atoms with Gasteiger partial charge in [0.05, 0.1) is 0 Å². The Morgan fingerprint density at radius 2 is 2.11 bits per heavy atom. The summed E-state index contributed by atoms with van der Waals surface area (Å²) in [5.74, 6) is -0.210. The number of rotatable bonds is 2. The number of ether oxygens (including phenoxy) is 1. The van der Waals surface area contributed by atoms with Gasteiger partial charge in [0, 0.05) is 12.6 Å². The molecule has 19 heavy (non-hydrogen) atoms. The van der Waals surface area contributed by atoms with Gasteiger partial charge in [-0.1, -0.05) is 18.2 Å². The summed E-state index contributed by atoms with van der Waals surface area (Å²) >= 11 is 0. The molecule has 3 nitrogen and oxygen atoms in total. The molecule has 0 aliphatic carbocycles. The van der Waals surface area contributed by atoms with Crippen LogP contribution < -0.4 is 0 Å². The monoisotopic (exact) mass is 265 g/mol. The number of likely N-dealkylation sites (tertiary alicyclic amines) is 1. The van der Waals surface area contributed by atoms with Crippen molar-refractivity contribution in [3.05, 3.63) is 35.6 Å². The Bertz CT molecular complexity index is 467.